The molecule has 4 nitrogen and oxygen atoms in total. The van der Waals surface area contributed by atoms with E-state index in [2.05, 4.69) is 4.98 Å². The number of nitrogen functional groups attached to an aromatic ring is 1. The minimum Gasteiger partial charge on any atom is -0.385 e. The van der Waals surface area contributed by atoms with Crippen LogP contribution in [0.1, 0.15) is 18.0 Å². The van der Waals surface area contributed by atoms with E-state index in [9.17, 15) is 0 Å². The molecule has 0 aliphatic rings. The van der Waals surface area contributed by atoms with Crippen LogP contribution in [0.5, 0.6) is 0 Å². The Morgan fingerprint density at radius 1 is 1.73 bits per heavy atom. The van der Waals surface area contributed by atoms with Gasteiger partial charge in [-0.05, 0) is 6.07 Å². The summed E-state index contributed by atoms with van der Waals surface area (Å²) in [5.74, 6) is 0.549. The zero-order valence-electron chi connectivity index (χ0n) is 6.04. The highest BCUT2D eigenvalue weighted by atomic mass is 14.8. The van der Waals surface area contributed by atoms with E-state index in [1.165, 1.54) is 0 Å². The topological polar surface area (TPSA) is 91.6 Å². The van der Waals surface area contributed by atoms with Crippen molar-refractivity contribution in [2.24, 2.45) is 5.73 Å². The number of H-pyrrole nitrogens is 1. The third-order valence-corrected chi connectivity index (χ3v) is 1.52. The third kappa shape index (κ3) is 1.51. The molecule has 1 rings (SSSR count). The number of nitrogens with zero attached hydrogens (tertiary/aromatic N) is 1. The van der Waals surface area contributed by atoms with Crippen molar-refractivity contribution in [2.45, 2.75) is 12.5 Å². The molecule has 0 amide bonds. The number of anilines is 1. The number of nitriles is 1. The van der Waals surface area contributed by atoms with Gasteiger partial charge in [-0.25, -0.2) is 0 Å². The molecule has 0 spiro atoms. The first-order chi connectivity index (χ1) is 5.25. The molecule has 1 atom stereocenters. The maximum absolute atomic E-state index is 8.35. The Bertz CT molecular complexity index is 270. The Kier molecular flexibility index (Phi) is 2.14. The lowest BCUT2D eigenvalue weighted by Crippen LogP contribution is -2.10. The maximum Gasteiger partial charge on any atom is 0.105 e. The van der Waals surface area contributed by atoms with Crippen LogP contribution in [0.4, 0.5) is 5.82 Å². The SMILES string of the molecule is N#CC[C@H](N)c1cc[nH]c1N. The fourth-order valence-corrected chi connectivity index (χ4v) is 0.926. The number of nitrogens with two attached hydrogens (primary N) is 2. The molecule has 58 valence electrons. The van der Waals surface area contributed by atoms with Gasteiger partial charge in [-0.1, -0.05) is 0 Å². The molecule has 1 aromatic rings. The van der Waals surface area contributed by atoms with Crippen LogP contribution in [0.2, 0.25) is 0 Å². The number of rotatable bonds is 2. The predicted octanol–water partition coefficient (Wildman–Crippen LogP) is 0.510. The summed E-state index contributed by atoms with van der Waals surface area (Å²) in [6, 6.07) is 3.51. The van der Waals surface area contributed by atoms with E-state index in [1.807, 2.05) is 6.07 Å². The van der Waals surface area contributed by atoms with Crippen LogP contribution in [-0.2, 0) is 0 Å². The Morgan fingerprint density at radius 2 is 2.45 bits per heavy atom. The van der Waals surface area contributed by atoms with E-state index in [0.717, 1.165) is 5.56 Å². The highest BCUT2D eigenvalue weighted by Crippen LogP contribution is 2.18. The van der Waals surface area contributed by atoms with Gasteiger partial charge >= 0.3 is 0 Å². The van der Waals surface area contributed by atoms with Crippen LogP contribution >= 0.6 is 0 Å². The van der Waals surface area contributed by atoms with Crippen molar-refractivity contribution >= 4 is 5.82 Å². The first-order valence-corrected chi connectivity index (χ1v) is 3.31. The van der Waals surface area contributed by atoms with Gasteiger partial charge < -0.3 is 16.5 Å². The quantitative estimate of drug-likeness (QED) is 0.573. The number of aromatic nitrogens is 1. The summed E-state index contributed by atoms with van der Waals surface area (Å²) in [6.07, 6.45) is 2.00. The third-order valence-electron chi connectivity index (χ3n) is 1.52. The molecular formula is C7H10N4. The zero-order chi connectivity index (χ0) is 8.27. The summed E-state index contributed by atoms with van der Waals surface area (Å²) < 4.78 is 0. The smallest absolute Gasteiger partial charge is 0.105 e. The van der Waals surface area contributed by atoms with E-state index in [-0.39, 0.29) is 6.04 Å². The molecule has 1 heterocycles. The molecular weight excluding hydrogens is 140 g/mol. The van der Waals surface area contributed by atoms with Crippen molar-refractivity contribution in [1.29, 1.82) is 5.26 Å². The van der Waals surface area contributed by atoms with Crippen molar-refractivity contribution in [3.63, 3.8) is 0 Å². The van der Waals surface area contributed by atoms with Crippen molar-refractivity contribution < 1.29 is 0 Å². The van der Waals surface area contributed by atoms with Gasteiger partial charge in [0.2, 0.25) is 0 Å². The van der Waals surface area contributed by atoms with Crippen molar-refractivity contribution in [3.05, 3.63) is 17.8 Å². The molecule has 4 heteroatoms. The fraction of sp³-hybridized carbons (Fsp3) is 0.286. The molecule has 11 heavy (non-hydrogen) atoms. The van der Waals surface area contributed by atoms with Crippen LogP contribution in [-0.4, -0.2) is 4.98 Å². The van der Waals surface area contributed by atoms with Crippen LogP contribution in [0, 0.1) is 11.3 Å². The van der Waals surface area contributed by atoms with Gasteiger partial charge in [0.05, 0.1) is 12.5 Å². The number of aromatic amines is 1. The van der Waals surface area contributed by atoms with E-state index < -0.39 is 0 Å². The number of nitrogens with one attached hydrogen (secondary N) is 1. The largest absolute Gasteiger partial charge is 0.385 e. The molecule has 0 radical (unpaired) electrons. The van der Waals surface area contributed by atoms with E-state index in [4.69, 9.17) is 16.7 Å². The van der Waals surface area contributed by atoms with Crippen LogP contribution in [0.3, 0.4) is 0 Å². The summed E-state index contributed by atoms with van der Waals surface area (Å²) in [6.45, 7) is 0. The van der Waals surface area contributed by atoms with Crippen molar-refractivity contribution in [1.82, 2.24) is 4.98 Å². The second kappa shape index (κ2) is 3.08. The minimum absolute atomic E-state index is 0.272. The molecule has 0 saturated carbocycles. The standard InChI is InChI=1S/C7H10N4/c8-3-1-6(9)5-2-4-11-7(5)10/h2,4,6,11H,1,9-10H2/t6-/m0/s1. The Balaban J connectivity index is 2.77. The second-order valence-corrected chi connectivity index (χ2v) is 2.32. The van der Waals surface area contributed by atoms with Gasteiger partial charge in [-0.15, -0.1) is 0 Å². The molecule has 5 N–H and O–H groups in total. The second-order valence-electron chi connectivity index (χ2n) is 2.32. The van der Waals surface area contributed by atoms with Crippen molar-refractivity contribution in [2.75, 3.05) is 5.73 Å². The fourth-order valence-electron chi connectivity index (χ4n) is 0.926. The van der Waals surface area contributed by atoms with E-state index >= 15 is 0 Å². The van der Waals surface area contributed by atoms with Gasteiger partial charge in [0, 0.05) is 17.8 Å². The Labute approximate surface area is 64.8 Å². The van der Waals surface area contributed by atoms with Crippen molar-refractivity contribution in [3.8, 4) is 6.07 Å². The summed E-state index contributed by atoms with van der Waals surface area (Å²) in [5.41, 5.74) is 12.0. The molecule has 0 unspecified atom stereocenters. The molecule has 0 fully saturated rings. The predicted molar refractivity (Wildman–Crippen MR) is 42.4 cm³/mol. The lowest BCUT2D eigenvalue weighted by molar-refractivity contribution is 0.752. The number of hydrogen-bond donors (Lipinski definition) is 3. The van der Waals surface area contributed by atoms with Gasteiger partial charge in [0.1, 0.15) is 5.82 Å². The molecule has 0 aromatic carbocycles. The molecule has 0 aliphatic heterocycles. The molecule has 0 aliphatic carbocycles. The summed E-state index contributed by atoms with van der Waals surface area (Å²) >= 11 is 0. The first-order valence-electron chi connectivity index (χ1n) is 3.31. The Hall–Kier alpha value is -1.47. The summed E-state index contributed by atoms with van der Waals surface area (Å²) in [5, 5.41) is 8.35. The highest BCUT2D eigenvalue weighted by molar-refractivity contribution is 5.42. The van der Waals surface area contributed by atoms with Crippen LogP contribution < -0.4 is 11.5 Å². The van der Waals surface area contributed by atoms with Gasteiger partial charge in [0.15, 0.2) is 0 Å². The molecule has 0 bridgehead atoms. The summed E-state index contributed by atoms with van der Waals surface area (Å²) in [4.78, 5) is 2.80. The van der Waals surface area contributed by atoms with Crippen LogP contribution in [0.25, 0.3) is 0 Å². The molecule has 0 saturated heterocycles. The average Bonchev–Trinajstić information content (AvgIpc) is 2.36. The summed E-state index contributed by atoms with van der Waals surface area (Å²) in [7, 11) is 0. The van der Waals surface area contributed by atoms with E-state index in [0.29, 0.717) is 12.2 Å². The minimum atomic E-state index is -0.272. The van der Waals surface area contributed by atoms with Gasteiger partial charge in [-0.2, -0.15) is 5.26 Å². The van der Waals surface area contributed by atoms with Gasteiger partial charge in [-0.3, -0.25) is 0 Å². The zero-order valence-corrected chi connectivity index (χ0v) is 6.04. The average molecular weight is 150 g/mol. The highest BCUT2D eigenvalue weighted by Gasteiger charge is 2.08. The monoisotopic (exact) mass is 150 g/mol. The van der Waals surface area contributed by atoms with E-state index in [1.54, 1.807) is 12.3 Å². The normalized spacial score (nSPS) is 12.4. The van der Waals surface area contributed by atoms with Crippen LogP contribution in [0.15, 0.2) is 12.3 Å². The molecule has 1 aromatic heterocycles. The maximum atomic E-state index is 8.35. The lowest BCUT2D eigenvalue weighted by Gasteiger charge is -2.04. The Morgan fingerprint density at radius 3 is 2.91 bits per heavy atom. The number of hydrogen-bond acceptors (Lipinski definition) is 3. The first kappa shape index (κ1) is 7.63. The lowest BCUT2D eigenvalue weighted by atomic mass is 10.1. The van der Waals surface area contributed by atoms with Gasteiger partial charge in [0.25, 0.3) is 0 Å².